The van der Waals surface area contributed by atoms with Crippen molar-refractivity contribution >= 4 is 6.09 Å². The summed E-state index contributed by atoms with van der Waals surface area (Å²) >= 11 is 0. The lowest BCUT2D eigenvalue weighted by Crippen LogP contribution is -2.43. The molecule has 0 radical (unpaired) electrons. The number of amides is 1. The lowest BCUT2D eigenvalue weighted by Gasteiger charge is -2.28. The molecule has 1 rings (SSSR count). The molecule has 0 bridgehead atoms. The molecule has 0 aromatic heterocycles. The predicted molar refractivity (Wildman–Crippen MR) is 50.7 cm³/mol. The number of hydrogen-bond donors (Lipinski definition) is 1. The predicted octanol–water partition coefficient (Wildman–Crippen LogP) is 0.827. The molecule has 0 aliphatic carbocycles. The Morgan fingerprint density at radius 2 is 2.38 bits per heavy atom. The molecular formula is C9H18N2O2. The van der Waals surface area contributed by atoms with Gasteiger partial charge in [0.1, 0.15) is 0 Å². The van der Waals surface area contributed by atoms with Crippen LogP contribution >= 0.6 is 0 Å². The minimum Gasteiger partial charge on any atom is -0.453 e. The van der Waals surface area contributed by atoms with Crippen molar-refractivity contribution in [1.82, 2.24) is 10.2 Å². The fourth-order valence-corrected chi connectivity index (χ4v) is 1.42. The summed E-state index contributed by atoms with van der Waals surface area (Å²) in [5.74, 6) is 0. The molecule has 1 heterocycles. The zero-order chi connectivity index (χ0) is 9.68. The number of hydrogen-bond acceptors (Lipinski definition) is 3. The van der Waals surface area contributed by atoms with Crippen LogP contribution in [0.25, 0.3) is 0 Å². The standard InChI is InChI=1S/C9H18N2O2/c1-11(9(12)13-2)7-3-4-8-5-6-10-8/h8,10H,3-7H2,1-2H3. The molecule has 1 aliphatic rings. The molecule has 1 saturated heterocycles. The topological polar surface area (TPSA) is 41.6 Å². The third-order valence-corrected chi connectivity index (χ3v) is 2.46. The van der Waals surface area contributed by atoms with Crippen molar-refractivity contribution in [3.05, 3.63) is 0 Å². The molecule has 1 atom stereocenters. The number of rotatable bonds is 4. The Morgan fingerprint density at radius 1 is 1.69 bits per heavy atom. The Kier molecular flexibility index (Phi) is 4.02. The maximum Gasteiger partial charge on any atom is 0.409 e. The lowest BCUT2D eigenvalue weighted by molar-refractivity contribution is 0.132. The van der Waals surface area contributed by atoms with Crippen LogP contribution < -0.4 is 5.32 Å². The third-order valence-electron chi connectivity index (χ3n) is 2.46. The highest BCUT2D eigenvalue weighted by Crippen LogP contribution is 2.09. The van der Waals surface area contributed by atoms with Crippen molar-refractivity contribution in [3.63, 3.8) is 0 Å². The summed E-state index contributed by atoms with van der Waals surface area (Å²) in [6.45, 7) is 1.93. The van der Waals surface area contributed by atoms with Crippen LogP contribution in [0, 0.1) is 0 Å². The van der Waals surface area contributed by atoms with E-state index in [9.17, 15) is 4.79 Å². The second kappa shape index (κ2) is 5.07. The molecule has 1 amide bonds. The van der Waals surface area contributed by atoms with E-state index in [1.165, 1.54) is 13.5 Å². The van der Waals surface area contributed by atoms with Crippen LogP contribution in [0.2, 0.25) is 0 Å². The molecule has 4 heteroatoms. The van der Waals surface area contributed by atoms with Gasteiger partial charge in [-0.15, -0.1) is 0 Å². The molecule has 0 spiro atoms. The smallest absolute Gasteiger partial charge is 0.409 e. The van der Waals surface area contributed by atoms with E-state index in [1.807, 2.05) is 0 Å². The summed E-state index contributed by atoms with van der Waals surface area (Å²) in [6.07, 6.45) is 3.23. The quantitative estimate of drug-likeness (QED) is 0.707. The number of nitrogens with zero attached hydrogens (tertiary/aromatic N) is 1. The van der Waals surface area contributed by atoms with E-state index in [4.69, 9.17) is 0 Å². The van der Waals surface area contributed by atoms with Gasteiger partial charge in [0.2, 0.25) is 0 Å². The zero-order valence-electron chi connectivity index (χ0n) is 8.38. The van der Waals surface area contributed by atoms with Crippen LogP contribution in [0.4, 0.5) is 4.79 Å². The van der Waals surface area contributed by atoms with Crippen molar-refractivity contribution in [1.29, 1.82) is 0 Å². The molecule has 13 heavy (non-hydrogen) atoms. The van der Waals surface area contributed by atoms with E-state index in [1.54, 1.807) is 11.9 Å². The number of ether oxygens (including phenoxy) is 1. The molecule has 4 nitrogen and oxygen atoms in total. The van der Waals surface area contributed by atoms with Gasteiger partial charge in [0.15, 0.2) is 0 Å². The molecule has 0 aromatic rings. The first kappa shape index (κ1) is 10.3. The molecule has 0 aromatic carbocycles. The van der Waals surface area contributed by atoms with Crippen molar-refractivity contribution in [2.24, 2.45) is 0 Å². The molecule has 1 unspecified atom stereocenters. The van der Waals surface area contributed by atoms with E-state index in [2.05, 4.69) is 10.1 Å². The van der Waals surface area contributed by atoms with Crippen molar-refractivity contribution < 1.29 is 9.53 Å². The average Bonchev–Trinajstić information content (AvgIpc) is 2.07. The number of methoxy groups -OCH3 is 1. The van der Waals surface area contributed by atoms with Gasteiger partial charge in [0.25, 0.3) is 0 Å². The normalized spacial score (nSPS) is 20.6. The number of carbonyl (C=O) groups is 1. The van der Waals surface area contributed by atoms with Crippen molar-refractivity contribution in [2.45, 2.75) is 25.3 Å². The Bertz CT molecular complexity index is 169. The first-order valence-corrected chi connectivity index (χ1v) is 4.76. The van der Waals surface area contributed by atoms with Crippen LogP contribution in [0.3, 0.4) is 0 Å². The zero-order valence-corrected chi connectivity index (χ0v) is 8.38. The molecule has 0 saturated carbocycles. The summed E-state index contributed by atoms with van der Waals surface area (Å²) in [5.41, 5.74) is 0. The van der Waals surface area contributed by atoms with Gasteiger partial charge in [-0.05, 0) is 25.8 Å². The van der Waals surface area contributed by atoms with Crippen LogP contribution in [0.1, 0.15) is 19.3 Å². The maximum atomic E-state index is 11.0. The van der Waals surface area contributed by atoms with E-state index in [-0.39, 0.29) is 6.09 Å². The van der Waals surface area contributed by atoms with Gasteiger partial charge in [-0.25, -0.2) is 4.79 Å². The highest BCUT2D eigenvalue weighted by molar-refractivity contribution is 5.66. The minimum absolute atomic E-state index is 0.249. The van der Waals surface area contributed by atoms with E-state index < -0.39 is 0 Å². The molecule has 1 aliphatic heterocycles. The van der Waals surface area contributed by atoms with Crippen molar-refractivity contribution in [3.8, 4) is 0 Å². The van der Waals surface area contributed by atoms with Crippen LogP contribution in [0.5, 0.6) is 0 Å². The first-order chi connectivity index (χ1) is 6.24. The molecular weight excluding hydrogens is 168 g/mol. The SMILES string of the molecule is COC(=O)N(C)CCCC1CCN1. The van der Waals surface area contributed by atoms with Crippen LogP contribution in [-0.4, -0.2) is 44.3 Å². The van der Waals surface area contributed by atoms with Gasteiger partial charge in [-0.2, -0.15) is 0 Å². The second-order valence-corrected chi connectivity index (χ2v) is 3.47. The summed E-state index contributed by atoms with van der Waals surface area (Å²) in [6, 6.07) is 0.686. The Labute approximate surface area is 79.2 Å². The van der Waals surface area contributed by atoms with Gasteiger partial charge in [-0.3, -0.25) is 0 Å². The van der Waals surface area contributed by atoms with E-state index in [0.717, 1.165) is 25.9 Å². The average molecular weight is 186 g/mol. The van der Waals surface area contributed by atoms with E-state index in [0.29, 0.717) is 6.04 Å². The lowest BCUT2D eigenvalue weighted by atomic mass is 10.0. The Balaban J connectivity index is 2.00. The third kappa shape index (κ3) is 3.22. The van der Waals surface area contributed by atoms with Gasteiger partial charge >= 0.3 is 6.09 Å². The van der Waals surface area contributed by atoms with Gasteiger partial charge < -0.3 is 15.0 Å². The molecule has 76 valence electrons. The minimum atomic E-state index is -0.249. The van der Waals surface area contributed by atoms with Gasteiger partial charge in [0.05, 0.1) is 7.11 Å². The summed E-state index contributed by atoms with van der Waals surface area (Å²) in [4.78, 5) is 12.6. The summed E-state index contributed by atoms with van der Waals surface area (Å²) < 4.78 is 4.58. The van der Waals surface area contributed by atoms with Gasteiger partial charge in [-0.1, -0.05) is 0 Å². The van der Waals surface area contributed by atoms with Crippen LogP contribution in [0.15, 0.2) is 0 Å². The largest absolute Gasteiger partial charge is 0.453 e. The fraction of sp³-hybridized carbons (Fsp3) is 0.889. The van der Waals surface area contributed by atoms with Crippen molar-refractivity contribution in [2.75, 3.05) is 27.2 Å². The van der Waals surface area contributed by atoms with E-state index >= 15 is 0 Å². The number of carbonyl (C=O) groups excluding carboxylic acids is 1. The monoisotopic (exact) mass is 186 g/mol. The van der Waals surface area contributed by atoms with Crippen LogP contribution in [-0.2, 0) is 4.74 Å². The Hall–Kier alpha value is -0.770. The maximum absolute atomic E-state index is 11.0. The molecule has 1 fully saturated rings. The highest BCUT2D eigenvalue weighted by atomic mass is 16.5. The molecule has 1 N–H and O–H groups in total. The first-order valence-electron chi connectivity index (χ1n) is 4.76. The second-order valence-electron chi connectivity index (χ2n) is 3.47. The Morgan fingerprint density at radius 3 is 2.85 bits per heavy atom. The summed E-state index contributed by atoms with van der Waals surface area (Å²) in [5, 5.41) is 3.33. The fourth-order valence-electron chi connectivity index (χ4n) is 1.42. The summed E-state index contributed by atoms with van der Waals surface area (Å²) in [7, 11) is 3.17. The van der Waals surface area contributed by atoms with Gasteiger partial charge in [0, 0.05) is 19.6 Å². The highest BCUT2D eigenvalue weighted by Gasteiger charge is 2.16. The number of nitrogens with one attached hydrogen (secondary N) is 1.